The Morgan fingerprint density at radius 2 is 1.96 bits per heavy atom. The third-order valence-electron chi connectivity index (χ3n) is 13.1. The third-order valence-corrected chi connectivity index (χ3v) is 14.7. The molecule has 1 aromatic heterocycles. The fourth-order valence-electron chi connectivity index (χ4n) is 10.7. The van der Waals surface area contributed by atoms with Crippen molar-refractivity contribution < 1.29 is 38.4 Å². The summed E-state index contributed by atoms with van der Waals surface area (Å²) in [7, 11) is 3.56. The summed E-state index contributed by atoms with van der Waals surface area (Å²) in [5.74, 6) is 1.10. The molecule has 3 N–H and O–H groups in total. The number of hydrogen-bond acceptors (Lipinski definition) is 13. The maximum absolute atomic E-state index is 14.9. The number of ether oxygens (including phenoxy) is 5. The van der Waals surface area contributed by atoms with Crippen molar-refractivity contribution >= 4 is 46.2 Å². The first-order valence-corrected chi connectivity index (χ1v) is 20.9. The Morgan fingerprint density at radius 3 is 2.75 bits per heavy atom. The minimum Gasteiger partial charge on any atom is -0.504 e. The van der Waals surface area contributed by atoms with Crippen molar-refractivity contribution in [3.8, 4) is 34.8 Å². The van der Waals surface area contributed by atoms with Gasteiger partial charge < -0.3 is 33.8 Å². The van der Waals surface area contributed by atoms with Gasteiger partial charge in [-0.05, 0) is 56.5 Å². The van der Waals surface area contributed by atoms with E-state index in [1.54, 1.807) is 18.9 Å². The molecule has 7 aliphatic rings. The van der Waals surface area contributed by atoms with Gasteiger partial charge in [0, 0.05) is 63.4 Å². The Kier molecular flexibility index (Phi) is 8.66. The number of hydrogen-bond donors (Lipinski definition) is 3. The number of methoxy groups -OCH3 is 1. The monoisotopic (exact) mass is 811 g/mol. The summed E-state index contributed by atoms with van der Waals surface area (Å²) < 4.78 is 31.0. The van der Waals surface area contributed by atoms with Crippen molar-refractivity contribution in [2.45, 2.75) is 74.1 Å². The number of para-hydroxylation sites is 1. The van der Waals surface area contributed by atoms with Gasteiger partial charge >= 0.3 is 11.9 Å². The van der Waals surface area contributed by atoms with Crippen molar-refractivity contribution in [1.82, 2.24) is 20.1 Å². The van der Waals surface area contributed by atoms with E-state index in [1.807, 2.05) is 39.1 Å². The molecule has 0 radical (unpaired) electrons. The molecule has 2 fully saturated rings. The van der Waals surface area contributed by atoms with Crippen LogP contribution >= 0.6 is 23.4 Å². The van der Waals surface area contributed by atoms with Gasteiger partial charge in [0.05, 0.1) is 42.6 Å². The number of nitrogens with zero attached hydrogens (tertiary/aromatic N) is 3. The molecule has 0 saturated carbocycles. The number of H-pyrrole nitrogens is 1. The first-order valence-electron chi connectivity index (χ1n) is 19.3. The van der Waals surface area contributed by atoms with Crippen LogP contribution in [0, 0.1) is 25.2 Å². The molecular weight excluding hydrogens is 770 g/mol. The number of nitriles is 1. The molecule has 4 bridgehead atoms. The Morgan fingerprint density at radius 1 is 1.16 bits per heavy atom. The Hall–Kier alpha value is -4.65. The number of phenolic OH excluding ortho intramolecular Hbond substituents is 1. The second kappa shape index (κ2) is 13.5. The molecule has 296 valence electrons. The number of halogens is 1. The molecule has 3 aromatic carbocycles. The molecule has 1 unspecified atom stereocenters. The molecule has 4 aromatic rings. The highest BCUT2D eigenvalue weighted by Crippen LogP contribution is 2.64. The lowest BCUT2D eigenvalue weighted by atomic mass is 9.71. The molecule has 2 saturated heterocycles. The van der Waals surface area contributed by atoms with E-state index < -0.39 is 46.9 Å². The van der Waals surface area contributed by atoms with Crippen molar-refractivity contribution in [1.29, 1.82) is 5.26 Å². The molecule has 57 heavy (non-hydrogen) atoms. The number of esters is 2. The largest absolute Gasteiger partial charge is 0.504 e. The number of aromatic nitrogens is 1. The number of carbonyl (C=O) groups excluding carboxylic acids is 2. The van der Waals surface area contributed by atoms with Crippen LogP contribution in [0.3, 0.4) is 0 Å². The number of phenols is 1. The van der Waals surface area contributed by atoms with E-state index in [9.17, 15) is 20.0 Å². The summed E-state index contributed by atoms with van der Waals surface area (Å²) in [5, 5.41) is 27.4. The summed E-state index contributed by atoms with van der Waals surface area (Å²) in [6.07, 6.45) is 1.21. The quantitative estimate of drug-likeness (QED) is 0.138. The lowest BCUT2D eigenvalue weighted by Gasteiger charge is -2.62. The number of thioether (sulfide) groups is 1. The lowest BCUT2D eigenvalue weighted by Crippen LogP contribution is -2.69. The number of aryl methyl sites for hydroxylation is 1. The molecule has 0 amide bonds. The van der Waals surface area contributed by atoms with E-state index in [4.69, 9.17) is 35.3 Å². The first kappa shape index (κ1) is 36.7. The molecule has 8 heterocycles. The summed E-state index contributed by atoms with van der Waals surface area (Å²) >= 11 is 7.61. The molecule has 11 rings (SSSR count). The van der Waals surface area contributed by atoms with Crippen molar-refractivity contribution in [3.63, 3.8) is 0 Å². The number of carbonyl (C=O) groups is 2. The summed E-state index contributed by atoms with van der Waals surface area (Å²) in [5.41, 5.74) is 5.98. The van der Waals surface area contributed by atoms with Gasteiger partial charge in [-0.15, -0.1) is 23.4 Å². The van der Waals surface area contributed by atoms with E-state index in [-0.39, 0.29) is 43.2 Å². The van der Waals surface area contributed by atoms with Crippen LogP contribution in [0.25, 0.3) is 10.9 Å². The maximum atomic E-state index is 14.9. The van der Waals surface area contributed by atoms with E-state index in [1.165, 1.54) is 0 Å². The van der Waals surface area contributed by atoms with Crippen LogP contribution in [-0.2, 0) is 32.7 Å². The number of aromatic amines is 1. The third kappa shape index (κ3) is 5.05. The van der Waals surface area contributed by atoms with Crippen molar-refractivity contribution in [2.24, 2.45) is 0 Å². The average molecular weight is 812 g/mol. The highest BCUT2D eigenvalue weighted by atomic mass is 35.5. The predicted molar refractivity (Wildman–Crippen MR) is 211 cm³/mol. The number of aromatic hydroxyl groups is 1. The zero-order chi connectivity index (χ0) is 39.5. The number of piperazine rings is 1. The van der Waals surface area contributed by atoms with Gasteiger partial charge in [-0.2, -0.15) is 5.26 Å². The van der Waals surface area contributed by atoms with Crippen LogP contribution in [0.2, 0.25) is 0 Å². The second-order valence-corrected chi connectivity index (χ2v) is 17.3. The number of fused-ring (bicyclic) bond motifs is 11. The first-order chi connectivity index (χ1) is 27.6. The molecule has 0 aliphatic carbocycles. The SMILES string of the molecule is COc1c(C)cc2c(c1O)[C@H]1C3[C@@H]4SC[C@]5(NCCc6c5[nH]c5ccccc65)C(=O)OC[C@@H](c5c6c(c(C)c(OC(=O)CCCl)c54)OCO6)N3[C@@H](C#N)[C@@H](C2)N1C. The Balaban J connectivity index is 1.25. The standard InChI is InChI=1S/C42H42ClN5O8S/c1-19-13-21-14-25-26(15-44)48-27-16-53-41(51)42(40-23(10-12-45-42)22-7-5-6-8-24(22)46-40)17-57-39(33(48)32(47(25)3)29(21)34(50)35(19)52-4)31-30(27)38-37(54-18-55-38)20(2)36(31)56-28(49)9-11-43/h5-8,13,25-27,32-33,39,45-46,50H,9-12,14,16-18H2,1-4H3/t25-,26+,27+,32+,33?,39-,42-/m1/s1. The predicted octanol–water partition coefficient (Wildman–Crippen LogP) is 5.36. The van der Waals surface area contributed by atoms with E-state index >= 15 is 0 Å². The summed E-state index contributed by atoms with van der Waals surface area (Å²) in [4.78, 5) is 36.4. The Labute approximate surface area is 338 Å². The number of benzene rings is 3. The number of alkyl halides is 1. The van der Waals surface area contributed by atoms with E-state index in [0.717, 1.165) is 45.3 Å². The maximum Gasteiger partial charge on any atom is 0.333 e. The van der Waals surface area contributed by atoms with E-state index in [0.29, 0.717) is 52.7 Å². The fraction of sp³-hybridized carbons (Fsp3) is 0.452. The van der Waals surface area contributed by atoms with Crippen LogP contribution in [0.1, 0.15) is 68.4 Å². The molecule has 1 spiro atoms. The number of rotatable bonds is 4. The van der Waals surface area contributed by atoms with Crippen LogP contribution in [0.4, 0.5) is 0 Å². The van der Waals surface area contributed by atoms with Gasteiger partial charge in [0.1, 0.15) is 18.4 Å². The summed E-state index contributed by atoms with van der Waals surface area (Å²) in [6, 6.07) is 10.1. The van der Waals surface area contributed by atoms with Gasteiger partial charge in [-0.3, -0.25) is 19.9 Å². The zero-order valence-corrected chi connectivity index (χ0v) is 33.5. The average Bonchev–Trinajstić information content (AvgIpc) is 3.84. The van der Waals surface area contributed by atoms with Crippen LogP contribution in [-0.4, -0.2) is 95.7 Å². The molecule has 13 nitrogen and oxygen atoms in total. The summed E-state index contributed by atoms with van der Waals surface area (Å²) in [6.45, 7) is 4.12. The molecule has 15 heteroatoms. The van der Waals surface area contributed by atoms with Gasteiger partial charge in [0.25, 0.3) is 0 Å². The molecular formula is C42H42ClN5O8S. The number of likely N-dealkylation sites (N-methyl/N-ethyl adjacent to an activating group) is 1. The topological polar surface area (TPSA) is 159 Å². The van der Waals surface area contributed by atoms with Crippen molar-refractivity contribution in [3.05, 3.63) is 75.0 Å². The van der Waals surface area contributed by atoms with E-state index in [2.05, 4.69) is 38.3 Å². The normalized spacial score (nSPS) is 28.5. The highest BCUT2D eigenvalue weighted by Gasteiger charge is 2.62. The van der Waals surface area contributed by atoms with Crippen molar-refractivity contribution in [2.75, 3.05) is 45.7 Å². The molecule has 7 atom stereocenters. The molecule has 7 aliphatic heterocycles. The van der Waals surface area contributed by atoms with Gasteiger partial charge in [0.2, 0.25) is 6.79 Å². The van der Waals surface area contributed by atoms with Crippen LogP contribution in [0.5, 0.6) is 28.7 Å². The number of nitrogens with one attached hydrogen (secondary N) is 2. The second-order valence-electron chi connectivity index (χ2n) is 15.8. The van der Waals surface area contributed by atoms with Crippen LogP contribution in [0.15, 0.2) is 30.3 Å². The fourth-order valence-corrected chi connectivity index (χ4v) is 12.5. The van der Waals surface area contributed by atoms with Gasteiger partial charge in [-0.1, -0.05) is 24.3 Å². The Bertz CT molecular complexity index is 2430. The lowest BCUT2D eigenvalue weighted by molar-refractivity contribution is -0.157. The zero-order valence-electron chi connectivity index (χ0n) is 31.9. The highest BCUT2D eigenvalue weighted by molar-refractivity contribution is 7.99. The van der Waals surface area contributed by atoms with Crippen LogP contribution < -0.4 is 24.3 Å². The smallest absolute Gasteiger partial charge is 0.333 e. The van der Waals surface area contributed by atoms with Gasteiger partial charge in [-0.25, -0.2) is 4.79 Å². The minimum atomic E-state index is -1.26. The minimum absolute atomic E-state index is 0.0151. The van der Waals surface area contributed by atoms with Gasteiger partial charge in [0.15, 0.2) is 28.5 Å².